The van der Waals surface area contributed by atoms with E-state index in [1.807, 2.05) is 6.92 Å². The van der Waals surface area contributed by atoms with Gasteiger partial charge in [0, 0.05) is 23.1 Å². The summed E-state index contributed by atoms with van der Waals surface area (Å²) in [6.07, 6.45) is 0. The average molecular weight is 316 g/mol. The molecule has 7 heteroatoms. The molecule has 0 aliphatic carbocycles. The quantitative estimate of drug-likeness (QED) is 0.924. The predicted octanol–water partition coefficient (Wildman–Crippen LogP) is 2.10. The van der Waals surface area contributed by atoms with E-state index in [4.69, 9.17) is 28.9 Å². The number of primary amides is 1. The summed E-state index contributed by atoms with van der Waals surface area (Å²) in [7, 11) is 0. The first-order valence-electron chi connectivity index (χ1n) is 6.22. The van der Waals surface area contributed by atoms with Gasteiger partial charge in [0.05, 0.1) is 6.54 Å². The summed E-state index contributed by atoms with van der Waals surface area (Å²) >= 11 is 11.9. The summed E-state index contributed by atoms with van der Waals surface area (Å²) in [4.78, 5) is 26.6. The number of benzene rings is 1. The number of likely N-dealkylation sites (N-methyl/N-ethyl adjacent to an activating group) is 1. The van der Waals surface area contributed by atoms with Crippen molar-refractivity contribution in [3.05, 3.63) is 33.8 Å². The Labute approximate surface area is 127 Å². The number of amides is 3. The largest absolute Gasteiger partial charge is 0.368 e. The van der Waals surface area contributed by atoms with Gasteiger partial charge < -0.3 is 15.5 Å². The Hall–Kier alpha value is -1.46. The molecule has 1 aromatic carbocycles. The van der Waals surface area contributed by atoms with Crippen LogP contribution in [0.25, 0.3) is 0 Å². The second kappa shape index (κ2) is 5.89. The third kappa shape index (κ3) is 2.83. The van der Waals surface area contributed by atoms with Crippen LogP contribution >= 0.6 is 23.2 Å². The SMILES string of the molecule is CCN1C(=O)N(Cc2ccc(Cl)cc2Cl)CC1C(N)=O. The second-order valence-electron chi connectivity index (χ2n) is 4.60. The Bertz CT molecular complexity index is 550. The zero-order chi connectivity index (χ0) is 14.9. The van der Waals surface area contributed by atoms with E-state index < -0.39 is 11.9 Å². The van der Waals surface area contributed by atoms with Crippen LogP contribution in [0.2, 0.25) is 10.0 Å². The molecule has 1 aliphatic heterocycles. The maximum absolute atomic E-state index is 12.2. The highest BCUT2D eigenvalue weighted by molar-refractivity contribution is 6.35. The van der Waals surface area contributed by atoms with Gasteiger partial charge >= 0.3 is 6.03 Å². The Morgan fingerprint density at radius 2 is 2.15 bits per heavy atom. The summed E-state index contributed by atoms with van der Waals surface area (Å²) in [5.41, 5.74) is 6.11. The Balaban J connectivity index is 2.18. The Kier molecular flexibility index (Phi) is 4.40. The summed E-state index contributed by atoms with van der Waals surface area (Å²) in [5, 5.41) is 1.03. The van der Waals surface area contributed by atoms with Crippen molar-refractivity contribution in [3.63, 3.8) is 0 Å². The third-order valence-corrected chi connectivity index (χ3v) is 3.92. The predicted molar refractivity (Wildman–Crippen MR) is 77.6 cm³/mol. The molecule has 2 N–H and O–H groups in total. The lowest BCUT2D eigenvalue weighted by Gasteiger charge is -2.19. The van der Waals surface area contributed by atoms with Crippen molar-refractivity contribution in [1.29, 1.82) is 0 Å². The van der Waals surface area contributed by atoms with E-state index in [-0.39, 0.29) is 12.6 Å². The van der Waals surface area contributed by atoms with E-state index in [9.17, 15) is 9.59 Å². The highest BCUT2D eigenvalue weighted by Crippen LogP contribution is 2.25. The van der Waals surface area contributed by atoms with Crippen molar-refractivity contribution >= 4 is 35.1 Å². The molecule has 0 radical (unpaired) electrons. The van der Waals surface area contributed by atoms with Crippen molar-refractivity contribution in [2.75, 3.05) is 13.1 Å². The van der Waals surface area contributed by atoms with E-state index >= 15 is 0 Å². The van der Waals surface area contributed by atoms with Crippen LogP contribution in [-0.2, 0) is 11.3 Å². The molecule has 0 saturated carbocycles. The summed E-state index contributed by atoms with van der Waals surface area (Å²) < 4.78 is 0. The standard InChI is InChI=1S/C13H15Cl2N3O2/c1-2-18-11(12(16)19)7-17(13(18)20)6-8-3-4-9(14)5-10(8)15/h3-5,11H,2,6-7H2,1H3,(H2,16,19). The molecule has 5 nitrogen and oxygen atoms in total. The van der Waals surface area contributed by atoms with Crippen LogP contribution in [-0.4, -0.2) is 40.9 Å². The zero-order valence-corrected chi connectivity index (χ0v) is 12.5. The van der Waals surface area contributed by atoms with Crippen molar-refractivity contribution in [1.82, 2.24) is 9.80 Å². The smallest absolute Gasteiger partial charge is 0.321 e. The Morgan fingerprint density at radius 3 is 2.65 bits per heavy atom. The van der Waals surface area contributed by atoms with Gasteiger partial charge in [-0.25, -0.2) is 4.79 Å². The van der Waals surface area contributed by atoms with Gasteiger partial charge in [0.25, 0.3) is 0 Å². The maximum atomic E-state index is 12.2. The minimum absolute atomic E-state index is 0.206. The first kappa shape index (κ1) is 14.9. The molecular formula is C13H15Cl2N3O2. The molecule has 20 heavy (non-hydrogen) atoms. The first-order valence-corrected chi connectivity index (χ1v) is 6.98. The molecule has 1 saturated heterocycles. The lowest BCUT2D eigenvalue weighted by molar-refractivity contribution is -0.121. The minimum atomic E-state index is -0.585. The summed E-state index contributed by atoms with van der Waals surface area (Å²) in [5.74, 6) is -0.495. The highest BCUT2D eigenvalue weighted by atomic mass is 35.5. The normalized spacial score (nSPS) is 18.8. The number of carbonyl (C=O) groups is 2. The fourth-order valence-corrected chi connectivity index (χ4v) is 2.76. The van der Waals surface area contributed by atoms with Crippen molar-refractivity contribution in [2.24, 2.45) is 5.73 Å². The van der Waals surface area contributed by atoms with Gasteiger partial charge in [0.2, 0.25) is 5.91 Å². The van der Waals surface area contributed by atoms with Gasteiger partial charge in [0.1, 0.15) is 6.04 Å². The molecule has 0 spiro atoms. The fraction of sp³-hybridized carbons (Fsp3) is 0.385. The van der Waals surface area contributed by atoms with E-state index in [1.165, 1.54) is 4.90 Å². The molecule has 1 fully saturated rings. The average Bonchev–Trinajstić information content (AvgIpc) is 2.70. The maximum Gasteiger partial charge on any atom is 0.321 e. The second-order valence-corrected chi connectivity index (χ2v) is 5.45. The van der Waals surface area contributed by atoms with E-state index in [0.29, 0.717) is 23.1 Å². The molecule has 1 heterocycles. The monoisotopic (exact) mass is 315 g/mol. The minimum Gasteiger partial charge on any atom is -0.368 e. The van der Waals surface area contributed by atoms with Crippen molar-refractivity contribution < 1.29 is 9.59 Å². The van der Waals surface area contributed by atoms with Crippen molar-refractivity contribution in [2.45, 2.75) is 19.5 Å². The molecule has 1 aromatic rings. The number of hydrogen-bond acceptors (Lipinski definition) is 2. The zero-order valence-electron chi connectivity index (χ0n) is 11.0. The van der Waals surface area contributed by atoms with E-state index in [2.05, 4.69) is 0 Å². The number of halogens is 2. The molecule has 0 aromatic heterocycles. The van der Waals surface area contributed by atoms with Crippen LogP contribution < -0.4 is 5.73 Å². The van der Waals surface area contributed by atoms with Crippen molar-refractivity contribution in [3.8, 4) is 0 Å². The summed E-state index contributed by atoms with van der Waals surface area (Å²) in [6, 6.07) is 4.32. The van der Waals surface area contributed by atoms with E-state index in [1.54, 1.807) is 23.1 Å². The van der Waals surface area contributed by atoms with Crippen LogP contribution in [0.3, 0.4) is 0 Å². The molecular weight excluding hydrogens is 301 g/mol. The number of rotatable bonds is 4. The lowest BCUT2D eigenvalue weighted by atomic mass is 10.2. The lowest BCUT2D eigenvalue weighted by Crippen LogP contribution is -2.42. The van der Waals surface area contributed by atoms with Gasteiger partial charge in [-0.05, 0) is 24.6 Å². The van der Waals surface area contributed by atoms with Crippen LogP contribution in [0.15, 0.2) is 18.2 Å². The Morgan fingerprint density at radius 1 is 1.45 bits per heavy atom. The molecule has 1 atom stereocenters. The number of carbonyl (C=O) groups excluding carboxylic acids is 2. The number of hydrogen-bond donors (Lipinski definition) is 1. The molecule has 3 amide bonds. The van der Waals surface area contributed by atoms with Crippen LogP contribution in [0, 0.1) is 0 Å². The number of urea groups is 1. The van der Waals surface area contributed by atoms with Gasteiger partial charge in [0.15, 0.2) is 0 Å². The third-order valence-electron chi connectivity index (χ3n) is 3.33. The molecule has 1 unspecified atom stereocenters. The van der Waals surface area contributed by atoms with Crippen LogP contribution in [0.5, 0.6) is 0 Å². The highest BCUT2D eigenvalue weighted by Gasteiger charge is 2.39. The number of nitrogens with zero attached hydrogens (tertiary/aromatic N) is 2. The van der Waals surface area contributed by atoms with Gasteiger partial charge in [-0.1, -0.05) is 29.3 Å². The molecule has 108 valence electrons. The van der Waals surface area contributed by atoms with Gasteiger partial charge in [-0.2, -0.15) is 0 Å². The van der Waals surface area contributed by atoms with Crippen LogP contribution in [0.4, 0.5) is 4.79 Å². The molecule has 1 aliphatic rings. The van der Waals surface area contributed by atoms with Gasteiger partial charge in [-0.3, -0.25) is 4.79 Å². The fourth-order valence-electron chi connectivity index (χ4n) is 2.29. The van der Waals surface area contributed by atoms with Gasteiger partial charge in [-0.15, -0.1) is 0 Å². The first-order chi connectivity index (χ1) is 9.43. The summed E-state index contributed by atoms with van der Waals surface area (Å²) in [6.45, 7) is 2.86. The topological polar surface area (TPSA) is 66.6 Å². The molecule has 0 bridgehead atoms. The van der Waals surface area contributed by atoms with E-state index in [0.717, 1.165) is 5.56 Å². The molecule has 2 rings (SSSR count). The van der Waals surface area contributed by atoms with Crippen LogP contribution in [0.1, 0.15) is 12.5 Å². The number of nitrogens with two attached hydrogens (primary N) is 1.